The quantitative estimate of drug-likeness (QED) is 0.0322. The molecule has 0 aromatic rings. The van der Waals surface area contributed by atoms with Crippen molar-refractivity contribution in [1.82, 2.24) is 5.32 Å². The number of nitrogens with one attached hydrogen (secondary N) is 1. The third kappa shape index (κ3) is 44.2. The number of hydrogen-bond acceptors (Lipinski definition) is 5. The number of ether oxygens (including phenoxy) is 1. The van der Waals surface area contributed by atoms with Gasteiger partial charge >= 0.3 is 5.97 Å². The van der Waals surface area contributed by atoms with E-state index in [9.17, 15) is 19.8 Å². The monoisotopic (exact) mass is 856 g/mol. The van der Waals surface area contributed by atoms with Crippen LogP contribution >= 0.6 is 0 Å². The second kappa shape index (κ2) is 48.8. The molecule has 3 atom stereocenters. The third-order valence-corrected chi connectivity index (χ3v) is 11.9. The van der Waals surface area contributed by atoms with Crippen molar-refractivity contribution in [2.24, 2.45) is 0 Å². The van der Waals surface area contributed by atoms with E-state index < -0.39 is 18.2 Å². The lowest BCUT2D eigenvalue weighted by molar-refractivity contribution is -0.151. The molecule has 3 N–H and O–H groups in total. The largest absolute Gasteiger partial charge is 0.462 e. The van der Waals surface area contributed by atoms with Gasteiger partial charge in [0.2, 0.25) is 5.91 Å². The number of allylic oxidation sites excluding steroid dienone is 8. The highest BCUT2D eigenvalue weighted by atomic mass is 16.5. The number of unbranched alkanes of at least 4 members (excludes halogenated alkanes) is 29. The lowest BCUT2D eigenvalue weighted by Crippen LogP contribution is -2.46. The van der Waals surface area contributed by atoms with Crippen molar-refractivity contribution < 1.29 is 24.5 Å². The van der Waals surface area contributed by atoms with Crippen molar-refractivity contribution in [3.8, 4) is 0 Å². The number of carbonyl (C=O) groups excluding carboxylic acids is 2. The van der Waals surface area contributed by atoms with Crippen LogP contribution in [0.3, 0.4) is 0 Å². The molecule has 0 aliphatic heterocycles. The lowest BCUT2D eigenvalue weighted by Gasteiger charge is -2.24. The number of carbonyl (C=O) groups is 2. The Labute approximate surface area is 378 Å². The van der Waals surface area contributed by atoms with Gasteiger partial charge in [0.25, 0.3) is 0 Å². The lowest BCUT2D eigenvalue weighted by atomic mass is 10.0. The summed E-state index contributed by atoms with van der Waals surface area (Å²) in [4.78, 5) is 26.1. The molecule has 0 heterocycles. The highest BCUT2D eigenvalue weighted by Gasteiger charge is 2.24. The first kappa shape index (κ1) is 58.8. The van der Waals surface area contributed by atoms with Gasteiger partial charge in [-0.3, -0.25) is 9.59 Å². The first-order chi connectivity index (χ1) is 30.0. The molecule has 356 valence electrons. The predicted octanol–water partition coefficient (Wildman–Crippen LogP) is 15.8. The molecule has 0 saturated carbocycles. The molecule has 3 unspecified atom stereocenters. The fourth-order valence-corrected chi connectivity index (χ4v) is 7.89. The second-order valence-electron chi connectivity index (χ2n) is 18.0. The number of aliphatic hydroxyl groups excluding tert-OH is 2. The Balaban J connectivity index is 4.65. The van der Waals surface area contributed by atoms with E-state index in [1.165, 1.54) is 154 Å². The third-order valence-electron chi connectivity index (χ3n) is 11.9. The van der Waals surface area contributed by atoms with E-state index in [4.69, 9.17) is 4.74 Å². The summed E-state index contributed by atoms with van der Waals surface area (Å²) in [5, 5.41) is 23.8. The molecule has 0 aliphatic carbocycles. The zero-order valence-corrected chi connectivity index (χ0v) is 40.5. The number of esters is 1. The number of rotatable bonds is 47. The Bertz CT molecular complexity index is 1050. The molecular formula is C55H101NO5. The molecular weight excluding hydrogens is 755 g/mol. The van der Waals surface area contributed by atoms with Crippen LogP contribution in [0.2, 0.25) is 0 Å². The van der Waals surface area contributed by atoms with Crippen molar-refractivity contribution in [1.29, 1.82) is 0 Å². The molecule has 6 nitrogen and oxygen atoms in total. The Kier molecular flexibility index (Phi) is 47.1. The highest BCUT2D eigenvalue weighted by molar-refractivity contribution is 5.77. The number of hydrogen-bond donors (Lipinski definition) is 3. The van der Waals surface area contributed by atoms with Gasteiger partial charge in [-0.05, 0) is 70.6 Å². The van der Waals surface area contributed by atoms with E-state index in [1.54, 1.807) is 0 Å². The van der Waals surface area contributed by atoms with Gasteiger partial charge in [-0.15, -0.1) is 0 Å². The Hall–Kier alpha value is -2.18. The predicted molar refractivity (Wildman–Crippen MR) is 264 cm³/mol. The minimum absolute atomic E-state index is 0.0405. The average Bonchev–Trinajstić information content (AvgIpc) is 3.25. The molecule has 0 saturated heterocycles. The minimum Gasteiger partial charge on any atom is -0.462 e. The summed E-state index contributed by atoms with van der Waals surface area (Å²) in [6, 6.07) is -0.717. The van der Waals surface area contributed by atoms with Gasteiger partial charge < -0.3 is 20.3 Å². The van der Waals surface area contributed by atoms with Crippen LogP contribution in [-0.2, 0) is 14.3 Å². The van der Waals surface area contributed by atoms with Crippen LogP contribution in [0, 0.1) is 0 Å². The van der Waals surface area contributed by atoms with E-state index in [0.717, 1.165) is 64.2 Å². The van der Waals surface area contributed by atoms with Gasteiger partial charge in [-0.1, -0.05) is 230 Å². The first-order valence-corrected chi connectivity index (χ1v) is 26.4. The van der Waals surface area contributed by atoms with Crippen LogP contribution in [-0.4, -0.2) is 46.9 Å². The zero-order valence-electron chi connectivity index (χ0n) is 40.5. The van der Waals surface area contributed by atoms with E-state index >= 15 is 0 Å². The van der Waals surface area contributed by atoms with Crippen molar-refractivity contribution in [2.75, 3.05) is 6.61 Å². The Morgan fingerprint density at radius 2 is 0.836 bits per heavy atom. The molecule has 61 heavy (non-hydrogen) atoms. The molecule has 0 aromatic heterocycles. The van der Waals surface area contributed by atoms with Crippen molar-refractivity contribution in [2.45, 2.75) is 283 Å². The minimum atomic E-state index is -0.801. The summed E-state index contributed by atoms with van der Waals surface area (Å²) in [5.74, 6) is -0.529. The Morgan fingerprint density at radius 3 is 1.28 bits per heavy atom. The van der Waals surface area contributed by atoms with Crippen LogP contribution in [0.5, 0.6) is 0 Å². The van der Waals surface area contributed by atoms with Gasteiger partial charge in [0, 0.05) is 6.42 Å². The van der Waals surface area contributed by atoms with Crippen LogP contribution < -0.4 is 5.32 Å². The van der Waals surface area contributed by atoms with Crippen molar-refractivity contribution in [3.05, 3.63) is 48.6 Å². The summed E-state index contributed by atoms with van der Waals surface area (Å²) < 4.78 is 5.91. The van der Waals surface area contributed by atoms with Gasteiger partial charge in [-0.2, -0.15) is 0 Å². The van der Waals surface area contributed by atoms with Gasteiger partial charge in [0.15, 0.2) is 0 Å². The molecule has 0 fully saturated rings. The fourth-order valence-electron chi connectivity index (χ4n) is 7.89. The van der Waals surface area contributed by atoms with E-state index in [2.05, 4.69) is 74.7 Å². The summed E-state index contributed by atoms with van der Waals surface area (Å²) in [6.07, 6.45) is 58.8. The van der Waals surface area contributed by atoms with Gasteiger partial charge in [0.1, 0.15) is 6.10 Å². The van der Waals surface area contributed by atoms with E-state index in [1.807, 2.05) is 0 Å². The maximum atomic E-state index is 13.2. The van der Waals surface area contributed by atoms with Crippen LogP contribution in [0.1, 0.15) is 265 Å². The van der Waals surface area contributed by atoms with Gasteiger partial charge in [-0.25, -0.2) is 0 Å². The molecule has 1 amide bonds. The fraction of sp³-hybridized carbons (Fsp3) is 0.818. The number of amides is 1. The maximum absolute atomic E-state index is 13.2. The summed E-state index contributed by atoms with van der Waals surface area (Å²) in [5.41, 5.74) is 0. The summed E-state index contributed by atoms with van der Waals surface area (Å²) >= 11 is 0. The van der Waals surface area contributed by atoms with Crippen LogP contribution in [0.15, 0.2) is 48.6 Å². The molecule has 0 bridgehead atoms. The molecule has 0 spiro atoms. The van der Waals surface area contributed by atoms with Crippen LogP contribution in [0.4, 0.5) is 0 Å². The van der Waals surface area contributed by atoms with E-state index in [-0.39, 0.29) is 24.9 Å². The van der Waals surface area contributed by atoms with Crippen LogP contribution in [0.25, 0.3) is 0 Å². The molecule has 6 heteroatoms. The van der Waals surface area contributed by atoms with Crippen molar-refractivity contribution in [3.63, 3.8) is 0 Å². The van der Waals surface area contributed by atoms with Gasteiger partial charge in [0.05, 0.1) is 25.2 Å². The average molecular weight is 856 g/mol. The molecule has 0 rings (SSSR count). The molecule has 0 aromatic carbocycles. The first-order valence-electron chi connectivity index (χ1n) is 26.4. The zero-order chi connectivity index (χ0) is 44.5. The molecule has 0 aliphatic rings. The SMILES string of the molecule is CCCCC/C=C/C=C/CCCCCCCCC(=O)OC(CCC/C=C/C=C/CCCCCCCCC)CC(=O)NC(CO)C(O)CCCCCCCCCCCCCCC. The summed E-state index contributed by atoms with van der Waals surface area (Å²) in [6.45, 7) is 6.44. The smallest absolute Gasteiger partial charge is 0.306 e. The van der Waals surface area contributed by atoms with Crippen molar-refractivity contribution >= 4 is 11.9 Å². The summed E-state index contributed by atoms with van der Waals surface area (Å²) in [7, 11) is 0. The topological polar surface area (TPSA) is 95.9 Å². The van der Waals surface area contributed by atoms with E-state index in [0.29, 0.717) is 19.3 Å². The Morgan fingerprint density at radius 1 is 0.475 bits per heavy atom. The second-order valence-corrected chi connectivity index (χ2v) is 18.0. The highest BCUT2D eigenvalue weighted by Crippen LogP contribution is 2.17. The maximum Gasteiger partial charge on any atom is 0.306 e. The molecule has 0 radical (unpaired) electrons. The standard InChI is InChI=1S/C55H101NO5/c1-4-7-10-13-16-19-22-25-27-30-33-36-39-42-45-48-55(60)61-51(46-43-40-37-34-31-29-26-23-20-17-14-11-8-5-2)49-54(59)56-52(50-57)53(58)47-44-41-38-35-32-28-24-21-18-15-12-9-6-3/h16,19,22,25,29,31,34,37,51-53,57-58H,4-15,17-18,20-21,23-24,26-28,30,32-33,35-36,38-50H2,1-3H3,(H,56,59)/b19-16+,25-22+,31-29+,37-34+. The number of aliphatic hydroxyl groups is 2. The normalized spacial score (nSPS) is 13.6.